The number of ether oxygens (including phenoxy) is 1. The van der Waals surface area contributed by atoms with Crippen molar-refractivity contribution in [2.45, 2.75) is 26.3 Å². The number of Topliss-reactive ketones (excluding diaryl/α,β-unsaturated/α-hetero) is 1. The Labute approximate surface area is 187 Å². The predicted octanol–water partition coefficient (Wildman–Crippen LogP) is 3.50. The minimum atomic E-state index is -0.547. The Morgan fingerprint density at radius 2 is 1.68 bits per heavy atom. The summed E-state index contributed by atoms with van der Waals surface area (Å²) in [4.78, 5) is 40.4. The van der Waals surface area contributed by atoms with Crippen molar-refractivity contribution in [2.75, 3.05) is 32.8 Å². The van der Waals surface area contributed by atoms with E-state index >= 15 is 0 Å². The fraction of sp³-hybridized carbons (Fsp3) is 0.375. The number of carbonyl (C=O) groups is 3. The molecular weight excluding hydrogens is 416 g/mol. The van der Waals surface area contributed by atoms with E-state index in [-0.39, 0.29) is 31.1 Å². The molecule has 0 spiro atoms. The second-order valence-electron chi connectivity index (χ2n) is 7.74. The number of rotatable bonds is 8. The third-order valence-corrected chi connectivity index (χ3v) is 5.54. The first kappa shape index (κ1) is 23.0. The van der Waals surface area contributed by atoms with Gasteiger partial charge in [0, 0.05) is 49.7 Å². The van der Waals surface area contributed by atoms with Crippen LogP contribution in [0, 0.1) is 6.92 Å². The molecule has 0 radical (unpaired) electrons. The summed E-state index contributed by atoms with van der Waals surface area (Å²) in [5.74, 6) is -0.911. The zero-order chi connectivity index (χ0) is 22.2. The van der Waals surface area contributed by atoms with Crippen molar-refractivity contribution in [3.8, 4) is 0 Å². The van der Waals surface area contributed by atoms with E-state index in [1.807, 2.05) is 0 Å². The fourth-order valence-corrected chi connectivity index (χ4v) is 3.65. The Hall–Kier alpha value is -2.70. The Morgan fingerprint density at radius 3 is 2.35 bits per heavy atom. The molecule has 0 atom stereocenters. The number of ketones is 1. The first-order valence-electron chi connectivity index (χ1n) is 10.4. The highest BCUT2D eigenvalue weighted by Crippen LogP contribution is 2.13. The van der Waals surface area contributed by atoms with Gasteiger partial charge in [0.25, 0.3) is 5.91 Å². The Bertz CT molecular complexity index is 921. The molecule has 0 aromatic heterocycles. The van der Waals surface area contributed by atoms with Crippen LogP contribution in [0.3, 0.4) is 0 Å². The van der Waals surface area contributed by atoms with Crippen molar-refractivity contribution >= 4 is 29.3 Å². The van der Waals surface area contributed by atoms with Crippen molar-refractivity contribution in [3.63, 3.8) is 0 Å². The predicted molar refractivity (Wildman–Crippen MR) is 119 cm³/mol. The van der Waals surface area contributed by atoms with Crippen LogP contribution in [0.2, 0.25) is 5.02 Å². The molecule has 1 heterocycles. The third-order valence-electron chi connectivity index (χ3n) is 5.29. The summed E-state index contributed by atoms with van der Waals surface area (Å²) in [6.07, 6.45) is -0.0225. The molecule has 164 valence electrons. The average Bonchev–Trinajstić information content (AvgIpc) is 2.77. The lowest BCUT2D eigenvalue weighted by Gasteiger charge is -2.34. The van der Waals surface area contributed by atoms with Gasteiger partial charge in [-0.2, -0.15) is 0 Å². The van der Waals surface area contributed by atoms with Crippen molar-refractivity contribution in [2.24, 2.45) is 0 Å². The van der Waals surface area contributed by atoms with E-state index < -0.39 is 5.97 Å². The van der Waals surface area contributed by atoms with E-state index in [1.54, 1.807) is 29.2 Å². The van der Waals surface area contributed by atoms with Gasteiger partial charge in [-0.25, -0.2) is 0 Å². The van der Waals surface area contributed by atoms with E-state index in [9.17, 15) is 14.4 Å². The maximum atomic E-state index is 12.4. The Morgan fingerprint density at radius 1 is 0.968 bits per heavy atom. The SMILES string of the molecule is Cc1cccc(CN2CCN(C(=O)COC(=O)CCC(=O)c3ccc(Cl)cc3)CC2)c1. The van der Waals surface area contributed by atoms with Crippen molar-refractivity contribution < 1.29 is 19.1 Å². The van der Waals surface area contributed by atoms with Crippen LogP contribution in [0.4, 0.5) is 0 Å². The molecule has 1 aliphatic rings. The van der Waals surface area contributed by atoms with Gasteiger partial charge in [0.15, 0.2) is 12.4 Å². The van der Waals surface area contributed by atoms with Gasteiger partial charge in [0.1, 0.15) is 0 Å². The van der Waals surface area contributed by atoms with Gasteiger partial charge in [-0.05, 0) is 36.8 Å². The number of benzene rings is 2. The molecule has 0 N–H and O–H groups in total. The minimum absolute atomic E-state index is 0.0340. The Balaban J connectivity index is 1.34. The van der Waals surface area contributed by atoms with E-state index in [0.29, 0.717) is 23.7 Å². The largest absolute Gasteiger partial charge is 0.456 e. The summed E-state index contributed by atoms with van der Waals surface area (Å²) in [5.41, 5.74) is 3.00. The lowest BCUT2D eigenvalue weighted by Crippen LogP contribution is -2.49. The molecule has 0 unspecified atom stereocenters. The maximum absolute atomic E-state index is 12.4. The summed E-state index contributed by atoms with van der Waals surface area (Å²) < 4.78 is 5.08. The van der Waals surface area contributed by atoms with Gasteiger partial charge in [0.05, 0.1) is 6.42 Å². The molecule has 1 aliphatic heterocycles. The van der Waals surface area contributed by atoms with E-state index in [4.69, 9.17) is 16.3 Å². The van der Waals surface area contributed by atoms with Crippen LogP contribution in [-0.2, 0) is 20.9 Å². The number of hydrogen-bond acceptors (Lipinski definition) is 5. The number of amides is 1. The molecule has 1 fully saturated rings. The first-order chi connectivity index (χ1) is 14.9. The summed E-state index contributed by atoms with van der Waals surface area (Å²) in [5, 5.41) is 0.547. The quantitative estimate of drug-likeness (QED) is 0.462. The van der Waals surface area contributed by atoms with Gasteiger partial charge in [-0.15, -0.1) is 0 Å². The summed E-state index contributed by atoms with van der Waals surface area (Å²) in [6.45, 7) is 5.43. The smallest absolute Gasteiger partial charge is 0.306 e. The summed E-state index contributed by atoms with van der Waals surface area (Å²) in [7, 11) is 0. The summed E-state index contributed by atoms with van der Waals surface area (Å²) in [6, 6.07) is 14.9. The zero-order valence-electron chi connectivity index (χ0n) is 17.7. The van der Waals surface area contributed by atoms with Gasteiger partial charge in [-0.3, -0.25) is 19.3 Å². The van der Waals surface area contributed by atoms with E-state index in [2.05, 4.69) is 36.1 Å². The first-order valence-corrected chi connectivity index (χ1v) is 10.8. The molecule has 1 amide bonds. The molecule has 7 heteroatoms. The highest BCUT2D eigenvalue weighted by Gasteiger charge is 2.22. The van der Waals surface area contributed by atoms with Crippen LogP contribution < -0.4 is 0 Å². The number of aryl methyl sites for hydroxylation is 1. The van der Waals surface area contributed by atoms with Crippen LogP contribution in [0.1, 0.15) is 34.3 Å². The standard InChI is InChI=1S/C24H27ClN2O4/c1-18-3-2-4-19(15-18)16-26-11-13-27(14-12-26)23(29)17-31-24(30)10-9-22(28)20-5-7-21(25)8-6-20/h2-8,15H,9-14,16-17H2,1H3. The van der Waals surface area contributed by atoms with Crippen molar-refractivity contribution in [3.05, 3.63) is 70.2 Å². The van der Waals surface area contributed by atoms with Gasteiger partial charge >= 0.3 is 5.97 Å². The lowest BCUT2D eigenvalue weighted by molar-refractivity contribution is -0.152. The summed E-state index contributed by atoms with van der Waals surface area (Å²) >= 11 is 5.80. The molecule has 2 aromatic rings. The van der Waals surface area contributed by atoms with Crippen molar-refractivity contribution in [1.82, 2.24) is 9.80 Å². The molecule has 1 saturated heterocycles. The second-order valence-corrected chi connectivity index (χ2v) is 8.17. The number of halogens is 1. The van der Waals surface area contributed by atoms with Gasteiger partial charge < -0.3 is 9.64 Å². The molecule has 6 nitrogen and oxygen atoms in total. The topological polar surface area (TPSA) is 66.9 Å². The maximum Gasteiger partial charge on any atom is 0.306 e. The zero-order valence-corrected chi connectivity index (χ0v) is 18.4. The van der Waals surface area contributed by atoms with Gasteiger partial charge in [-0.1, -0.05) is 41.4 Å². The minimum Gasteiger partial charge on any atom is -0.456 e. The van der Waals surface area contributed by atoms with E-state index in [0.717, 1.165) is 19.6 Å². The molecule has 3 rings (SSSR count). The van der Waals surface area contributed by atoms with Gasteiger partial charge in [0.2, 0.25) is 0 Å². The highest BCUT2D eigenvalue weighted by atomic mass is 35.5. The number of esters is 1. The van der Waals surface area contributed by atoms with Crippen LogP contribution in [0.25, 0.3) is 0 Å². The Kier molecular flexibility index (Phi) is 8.20. The van der Waals surface area contributed by atoms with Crippen LogP contribution in [0.15, 0.2) is 48.5 Å². The van der Waals surface area contributed by atoms with Crippen molar-refractivity contribution in [1.29, 1.82) is 0 Å². The monoisotopic (exact) mass is 442 g/mol. The van der Waals surface area contributed by atoms with Crippen LogP contribution in [0.5, 0.6) is 0 Å². The average molecular weight is 443 g/mol. The molecule has 2 aromatic carbocycles. The number of carbonyl (C=O) groups excluding carboxylic acids is 3. The molecule has 0 aliphatic carbocycles. The molecular formula is C24H27ClN2O4. The van der Waals surface area contributed by atoms with Crippen LogP contribution >= 0.6 is 11.6 Å². The number of piperazine rings is 1. The number of nitrogens with zero attached hydrogens (tertiary/aromatic N) is 2. The second kappa shape index (κ2) is 11.1. The van der Waals surface area contributed by atoms with Crippen LogP contribution in [-0.4, -0.2) is 60.2 Å². The fourth-order valence-electron chi connectivity index (χ4n) is 3.53. The molecule has 0 bridgehead atoms. The number of hydrogen-bond donors (Lipinski definition) is 0. The molecule has 0 saturated carbocycles. The third kappa shape index (κ3) is 7.19. The highest BCUT2D eigenvalue weighted by molar-refractivity contribution is 6.30. The lowest BCUT2D eigenvalue weighted by atomic mass is 10.1. The van der Waals surface area contributed by atoms with E-state index in [1.165, 1.54) is 11.1 Å². The normalized spacial score (nSPS) is 14.3. The molecule has 31 heavy (non-hydrogen) atoms.